The van der Waals surface area contributed by atoms with E-state index in [1.54, 1.807) is 38.2 Å². The molecule has 1 aliphatic heterocycles. The first-order chi connectivity index (χ1) is 16.3. The molecule has 2 N–H and O–H groups in total. The van der Waals surface area contributed by atoms with Crippen LogP contribution in [0.25, 0.3) is 0 Å². The summed E-state index contributed by atoms with van der Waals surface area (Å²) in [5.74, 6) is 0.475. The van der Waals surface area contributed by atoms with Gasteiger partial charge in [0.05, 0.1) is 28.3 Å². The summed E-state index contributed by atoms with van der Waals surface area (Å²) in [6.45, 7) is 6.87. The fourth-order valence-electron chi connectivity index (χ4n) is 3.69. The fourth-order valence-corrected chi connectivity index (χ4v) is 5.34. The largest absolute Gasteiger partial charge is 0.378 e. The molecule has 1 aromatic heterocycles. The van der Waals surface area contributed by atoms with E-state index >= 15 is 0 Å². The van der Waals surface area contributed by atoms with E-state index in [9.17, 15) is 8.42 Å². The lowest BCUT2D eigenvalue weighted by atomic mass is 10.1. The van der Waals surface area contributed by atoms with Gasteiger partial charge in [-0.1, -0.05) is 12.1 Å². The van der Waals surface area contributed by atoms with Crippen molar-refractivity contribution in [3.05, 3.63) is 70.5 Å². The van der Waals surface area contributed by atoms with Crippen molar-refractivity contribution in [2.75, 3.05) is 36.5 Å². The van der Waals surface area contributed by atoms with Crippen LogP contribution in [0.15, 0.2) is 64.1 Å². The van der Waals surface area contributed by atoms with Crippen molar-refractivity contribution in [3.8, 4) is 0 Å². The molecule has 4 rings (SSSR count). The Morgan fingerprint density at radius 3 is 2.56 bits per heavy atom. The number of benzene rings is 2. The third kappa shape index (κ3) is 6.32. The van der Waals surface area contributed by atoms with Gasteiger partial charge in [0.15, 0.2) is 0 Å². The maximum absolute atomic E-state index is 12.5. The average Bonchev–Trinajstić information content (AvgIpc) is 2.82. The second-order valence-electron chi connectivity index (χ2n) is 8.36. The second kappa shape index (κ2) is 10.8. The molecule has 0 unspecified atom stereocenters. The van der Waals surface area contributed by atoms with Crippen molar-refractivity contribution in [1.29, 1.82) is 0 Å². The third-order valence-electron chi connectivity index (χ3n) is 5.29. The molecule has 180 valence electrons. The van der Waals surface area contributed by atoms with E-state index in [1.165, 1.54) is 0 Å². The zero-order valence-corrected chi connectivity index (χ0v) is 21.6. The molecular weight excluding hydrogens is 518 g/mol. The fraction of sp³-hybridized carbons (Fsp3) is 0.333. The SMILES string of the molecule is CC(C)NS(=O)(=O)c1cccc(Cc2nc(Nc3ccc(N4CCOCC4)cc3)ncc2Br)c1. The highest BCUT2D eigenvalue weighted by molar-refractivity contribution is 9.10. The molecule has 2 aromatic carbocycles. The molecule has 0 amide bonds. The Balaban J connectivity index is 1.48. The number of ether oxygens (including phenoxy) is 1. The first kappa shape index (κ1) is 24.6. The minimum atomic E-state index is -3.56. The van der Waals surface area contributed by atoms with Gasteiger partial charge in [-0.2, -0.15) is 0 Å². The summed E-state index contributed by atoms with van der Waals surface area (Å²) in [5, 5.41) is 3.25. The van der Waals surface area contributed by atoms with Gasteiger partial charge in [-0.15, -0.1) is 0 Å². The van der Waals surface area contributed by atoms with Crippen LogP contribution in [-0.2, 0) is 21.2 Å². The highest BCUT2D eigenvalue weighted by Crippen LogP contribution is 2.24. The van der Waals surface area contributed by atoms with Gasteiger partial charge in [0.2, 0.25) is 16.0 Å². The molecule has 0 spiro atoms. The number of anilines is 3. The summed E-state index contributed by atoms with van der Waals surface area (Å²) >= 11 is 3.52. The molecule has 0 aliphatic carbocycles. The zero-order chi connectivity index (χ0) is 24.1. The number of nitrogens with one attached hydrogen (secondary N) is 2. The highest BCUT2D eigenvalue weighted by Gasteiger charge is 2.16. The van der Waals surface area contributed by atoms with E-state index in [2.05, 4.69) is 53.0 Å². The Morgan fingerprint density at radius 2 is 1.85 bits per heavy atom. The Morgan fingerprint density at radius 1 is 1.12 bits per heavy atom. The van der Waals surface area contributed by atoms with Crippen molar-refractivity contribution < 1.29 is 13.2 Å². The number of rotatable bonds is 8. The van der Waals surface area contributed by atoms with E-state index in [4.69, 9.17) is 4.74 Å². The Hall–Kier alpha value is -2.53. The van der Waals surface area contributed by atoms with Gasteiger partial charge in [-0.05, 0) is 71.7 Å². The topological polar surface area (TPSA) is 96.5 Å². The lowest BCUT2D eigenvalue weighted by Crippen LogP contribution is -2.36. The Labute approximate surface area is 209 Å². The molecule has 2 heterocycles. The normalized spacial score (nSPS) is 14.4. The van der Waals surface area contributed by atoms with Gasteiger partial charge in [-0.25, -0.2) is 23.1 Å². The van der Waals surface area contributed by atoms with Gasteiger partial charge in [0.25, 0.3) is 0 Å². The predicted octanol–water partition coefficient (Wildman–Crippen LogP) is 4.10. The number of morpholine rings is 1. The Bertz CT molecular complexity index is 1230. The summed E-state index contributed by atoms with van der Waals surface area (Å²) in [6.07, 6.45) is 2.16. The van der Waals surface area contributed by atoms with Gasteiger partial charge in [0, 0.05) is 43.1 Å². The van der Waals surface area contributed by atoms with Crippen molar-refractivity contribution in [2.45, 2.75) is 31.2 Å². The first-order valence-corrected chi connectivity index (χ1v) is 13.4. The van der Waals surface area contributed by atoms with Gasteiger partial charge in [0.1, 0.15) is 0 Å². The standard InChI is InChI=1S/C24H28BrN5O3S/c1-17(2)29-34(31,32)21-5-3-4-18(14-21)15-23-22(25)16-26-24(28-23)27-19-6-8-20(9-7-19)30-10-12-33-13-11-30/h3-9,14,16-17,29H,10-13,15H2,1-2H3,(H,26,27,28). The highest BCUT2D eigenvalue weighted by atomic mass is 79.9. The lowest BCUT2D eigenvalue weighted by Gasteiger charge is -2.28. The molecular formula is C24H28BrN5O3S. The average molecular weight is 546 g/mol. The van der Waals surface area contributed by atoms with E-state index in [0.29, 0.717) is 12.4 Å². The molecule has 1 fully saturated rings. The van der Waals surface area contributed by atoms with Crippen LogP contribution >= 0.6 is 15.9 Å². The Kier molecular flexibility index (Phi) is 7.82. The molecule has 8 nitrogen and oxygen atoms in total. The van der Waals surface area contributed by atoms with Crippen molar-refractivity contribution >= 4 is 43.3 Å². The summed E-state index contributed by atoms with van der Waals surface area (Å²) in [7, 11) is -3.56. The summed E-state index contributed by atoms with van der Waals surface area (Å²) in [6, 6.07) is 14.9. The molecule has 10 heteroatoms. The van der Waals surface area contributed by atoms with Crippen LogP contribution in [0.3, 0.4) is 0 Å². The van der Waals surface area contributed by atoms with E-state index in [-0.39, 0.29) is 10.9 Å². The van der Waals surface area contributed by atoms with E-state index in [0.717, 1.165) is 53.4 Å². The summed E-state index contributed by atoms with van der Waals surface area (Å²) in [5.41, 5.74) is 3.65. The molecule has 1 aliphatic rings. The number of hydrogen-bond donors (Lipinski definition) is 2. The molecule has 0 atom stereocenters. The third-order valence-corrected chi connectivity index (χ3v) is 7.61. The van der Waals surface area contributed by atoms with Crippen LogP contribution in [0.2, 0.25) is 0 Å². The smallest absolute Gasteiger partial charge is 0.240 e. The van der Waals surface area contributed by atoms with Crippen LogP contribution in [0.1, 0.15) is 25.1 Å². The lowest BCUT2D eigenvalue weighted by molar-refractivity contribution is 0.122. The molecule has 0 saturated carbocycles. The summed E-state index contributed by atoms with van der Waals surface area (Å²) in [4.78, 5) is 11.6. The molecule has 0 bridgehead atoms. The minimum Gasteiger partial charge on any atom is -0.378 e. The second-order valence-corrected chi connectivity index (χ2v) is 10.9. The molecule has 0 radical (unpaired) electrons. The number of halogens is 1. The van der Waals surface area contributed by atoms with Gasteiger partial charge < -0.3 is 15.0 Å². The van der Waals surface area contributed by atoms with Crippen LogP contribution in [0.4, 0.5) is 17.3 Å². The van der Waals surface area contributed by atoms with Crippen molar-refractivity contribution in [1.82, 2.24) is 14.7 Å². The van der Waals surface area contributed by atoms with Crippen LogP contribution < -0.4 is 14.9 Å². The maximum Gasteiger partial charge on any atom is 0.240 e. The predicted molar refractivity (Wildman–Crippen MR) is 137 cm³/mol. The first-order valence-electron chi connectivity index (χ1n) is 11.1. The van der Waals surface area contributed by atoms with Crippen molar-refractivity contribution in [3.63, 3.8) is 0 Å². The van der Waals surface area contributed by atoms with Crippen LogP contribution in [0.5, 0.6) is 0 Å². The van der Waals surface area contributed by atoms with Crippen molar-refractivity contribution in [2.24, 2.45) is 0 Å². The monoisotopic (exact) mass is 545 g/mol. The van der Waals surface area contributed by atoms with E-state index < -0.39 is 10.0 Å². The van der Waals surface area contributed by atoms with Gasteiger partial charge in [-0.3, -0.25) is 0 Å². The van der Waals surface area contributed by atoms with Crippen LogP contribution in [0, 0.1) is 0 Å². The quantitative estimate of drug-likeness (QED) is 0.439. The molecule has 3 aromatic rings. The van der Waals surface area contributed by atoms with Gasteiger partial charge >= 0.3 is 0 Å². The molecule has 34 heavy (non-hydrogen) atoms. The van der Waals surface area contributed by atoms with Crippen LogP contribution in [-0.4, -0.2) is 50.7 Å². The molecule has 1 saturated heterocycles. The van der Waals surface area contributed by atoms with E-state index in [1.807, 2.05) is 18.2 Å². The minimum absolute atomic E-state index is 0.179. The maximum atomic E-state index is 12.5. The zero-order valence-electron chi connectivity index (χ0n) is 19.2. The number of hydrogen-bond acceptors (Lipinski definition) is 7. The number of sulfonamides is 1. The number of aromatic nitrogens is 2. The summed E-state index contributed by atoms with van der Waals surface area (Å²) < 4.78 is 33.9. The number of nitrogens with zero attached hydrogens (tertiary/aromatic N) is 3.